The van der Waals surface area contributed by atoms with E-state index in [9.17, 15) is 4.79 Å². The van der Waals surface area contributed by atoms with Crippen molar-refractivity contribution in [2.75, 3.05) is 5.73 Å². The van der Waals surface area contributed by atoms with Gasteiger partial charge in [-0.3, -0.25) is 4.57 Å². The number of hydrogen-bond acceptors (Lipinski definition) is 4. The highest BCUT2D eigenvalue weighted by atomic mass is 16.1. The second kappa shape index (κ2) is 3.36. The molecule has 4 N–H and O–H groups in total. The average Bonchev–Trinajstić information content (AvgIpc) is 1.94. The lowest BCUT2D eigenvalue weighted by molar-refractivity contribution is 0.564. The fourth-order valence-corrected chi connectivity index (χ4v) is 0.891. The lowest BCUT2D eigenvalue weighted by Gasteiger charge is -2.06. The third-order valence-electron chi connectivity index (χ3n) is 1.38. The maximum Gasteiger partial charge on any atom is 0.349 e. The molecule has 0 aliphatic heterocycles. The Labute approximate surface area is 70.0 Å². The molecule has 0 aromatic carbocycles. The van der Waals surface area contributed by atoms with Crippen molar-refractivity contribution in [1.29, 1.82) is 0 Å². The van der Waals surface area contributed by atoms with Crippen LogP contribution in [0.2, 0.25) is 0 Å². The first-order valence-electron chi connectivity index (χ1n) is 3.68. The van der Waals surface area contributed by atoms with Gasteiger partial charge < -0.3 is 11.5 Å². The molecule has 1 heterocycles. The molecule has 1 unspecified atom stereocenters. The SMILES string of the molecule is CC(N)Cn1ccc(N)nc1=O. The Morgan fingerprint density at radius 1 is 1.75 bits per heavy atom. The zero-order valence-electron chi connectivity index (χ0n) is 6.90. The van der Waals surface area contributed by atoms with E-state index in [1.165, 1.54) is 4.57 Å². The molecule has 0 amide bonds. The Kier molecular flexibility index (Phi) is 2.44. The normalized spacial score (nSPS) is 12.8. The van der Waals surface area contributed by atoms with Gasteiger partial charge in [0.1, 0.15) is 5.82 Å². The van der Waals surface area contributed by atoms with Crippen LogP contribution in [0.25, 0.3) is 0 Å². The topological polar surface area (TPSA) is 86.9 Å². The summed E-state index contributed by atoms with van der Waals surface area (Å²) in [7, 11) is 0. The minimum Gasteiger partial charge on any atom is -0.383 e. The molecule has 66 valence electrons. The van der Waals surface area contributed by atoms with Crippen LogP contribution in [0.1, 0.15) is 6.92 Å². The molecule has 1 aromatic rings. The van der Waals surface area contributed by atoms with Crippen LogP contribution >= 0.6 is 0 Å². The summed E-state index contributed by atoms with van der Waals surface area (Å²) in [6.07, 6.45) is 1.59. The second-order valence-electron chi connectivity index (χ2n) is 2.76. The molecule has 0 aliphatic carbocycles. The predicted molar refractivity (Wildman–Crippen MR) is 46.6 cm³/mol. The van der Waals surface area contributed by atoms with E-state index in [4.69, 9.17) is 11.5 Å². The summed E-state index contributed by atoms with van der Waals surface area (Å²) >= 11 is 0. The van der Waals surface area contributed by atoms with Crippen molar-refractivity contribution in [1.82, 2.24) is 9.55 Å². The number of nitrogens with zero attached hydrogens (tertiary/aromatic N) is 2. The summed E-state index contributed by atoms with van der Waals surface area (Å²) in [5.74, 6) is 0.237. The zero-order chi connectivity index (χ0) is 9.14. The predicted octanol–water partition coefficient (Wildman–Crippen LogP) is -0.827. The van der Waals surface area contributed by atoms with Gasteiger partial charge in [0.2, 0.25) is 0 Å². The highest BCUT2D eigenvalue weighted by molar-refractivity contribution is 5.23. The summed E-state index contributed by atoms with van der Waals surface area (Å²) in [4.78, 5) is 14.6. The molecular weight excluding hydrogens is 156 g/mol. The molecule has 5 heteroatoms. The van der Waals surface area contributed by atoms with Crippen LogP contribution in [0.3, 0.4) is 0 Å². The van der Waals surface area contributed by atoms with Gasteiger partial charge in [-0.05, 0) is 13.0 Å². The van der Waals surface area contributed by atoms with Crippen molar-refractivity contribution in [3.8, 4) is 0 Å². The Balaban J connectivity index is 2.94. The maximum absolute atomic E-state index is 11.1. The van der Waals surface area contributed by atoms with Gasteiger partial charge in [-0.25, -0.2) is 4.79 Å². The van der Waals surface area contributed by atoms with E-state index >= 15 is 0 Å². The second-order valence-corrected chi connectivity index (χ2v) is 2.76. The van der Waals surface area contributed by atoms with Gasteiger partial charge in [-0.1, -0.05) is 0 Å². The Bertz CT molecular complexity index is 317. The number of anilines is 1. The van der Waals surface area contributed by atoms with Gasteiger partial charge in [0.15, 0.2) is 0 Å². The van der Waals surface area contributed by atoms with E-state index in [0.29, 0.717) is 6.54 Å². The highest BCUT2D eigenvalue weighted by Gasteiger charge is 1.99. The molecule has 0 aliphatic rings. The van der Waals surface area contributed by atoms with Gasteiger partial charge in [-0.2, -0.15) is 4.98 Å². The Morgan fingerprint density at radius 2 is 2.42 bits per heavy atom. The summed E-state index contributed by atoms with van der Waals surface area (Å²) in [5, 5.41) is 0. The quantitative estimate of drug-likeness (QED) is 0.603. The third-order valence-corrected chi connectivity index (χ3v) is 1.38. The monoisotopic (exact) mass is 168 g/mol. The molecule has 0 radical (unpaired) electrons. The van der Waals surface area contributed by atoms with Gasteiger partial charge in [0, 0.05) is 18.8 Å². The van der Waals surface area contributed by atoms with Crippen LogP contribution < -0.4 is 17.2 Å². The first-order chi connectivity index (χ1) is 5.59. The number of aromatic nitrogens is 2. The van der Waals surface area contributed by atoms with Gasteiger partial charge in [0.05, 0.1) is 0 Å². The van der Waals surface area contributed by atoms with Crippen molar-refractivity contribution < 1.29 is 0 Å². The Morgan fingerprint density at radius 3 is 2.92 bits per heavy atom. The largest absolute Gasteiger partial charge is 0.383 e. The van der Waals surface area contributed by atoms with Crippen LogP contribution in [-0.4, -0.2) is 15.6 Å². The summed E-state index contributed by atoms with van der Waals surface area (Å²) in [6.45, 7) is 2.29. The zero-order valence-corrected chi connectivity index (χ0v) is 6.90. The molecule has 0 saturated carbocycles. The molecule has 12 heavy (non-hydrogen) atoms. The molecule has 0 spiro atoms. The van der Waals surface area contributed by atoms with Crippen molar-refractivity contribution in [2.45, 2.75) is 19.5 Å². The number of hydrogen-bond donors (Lipinski definition) is 2. The summed E-state index contributed by atoms with van der Waals surface area (Å²) in [5.41, 5.74) is 10.5. The first kappa shape index (κ1) is 8.73. The molecule has 1 rings (SSSR count). The van der Waals surface area contributed by atoms with Crippen LogP contribution in [-0.2, 0) is 6.54 Å². The standard InChI is InChI=1S/C7H12N4O/c1-5(8)4-11-3-2-6(9)10-7(11)12/h2-3,5H,4,8H2,1H3,(H2,9,10,12). The fourth-order valence-electron chi connectivity index (χ4n) is 0.891. The van der Waals surface area contributed by atoms with Crippen molar-refractivity contribution >= 4 is 5.82 Å². The molecule has 0 saturated heterocycles. The summed E-state index contributed by atoms with van der Waals surface area (Å²) < 4.78 is 1.43. The lowest BCUT2D eigenvalue weighted by Crippen LogP contribution is -2.31. The van der Waals surface area contributed by atoms with Crippen molar-refractivity contribution in [3.05, 3.63) is 22.7 Å². The van der Waals surface area contributed by atoms with Crippen molar-refractivity contribution in [3.63, 3.8) is 0 Å². The van der Waals surface area contributed by atoms with E-state index in [2.05, 4.69) is 4.98 Å². The van der Waals surface area contributed by atoms with Gasteiger partial charge in [0.25, 0.3) is 0 Å². The van der Waals surface area contributed by atoms with E-state index < -0.39 is 0 Å². The highest BCUT2D eigenvalue weighted by Crippen LogP contribution is 1.90. The molecule has 1 atom stereocenters. The number of nitrogen functional groups attached to an aromatic ring is 1. The molecule has 1 aromatic heterocycles. The van der Waals surface area contributed by atoms with Crippen molar-refractivity contribution in [2.24, 2.45) is 5.73 Å². The van der Waals surface area contributed by atoms with E-state index in [0.717, 1.165) is 0 Å². The average molecular weight is 168 g/mol. The molecular formula is C7H12N4O. The first-order valence-corrected chi connectivity index (χ1v) is 3.68. The van der Waals surface area contributed by atoms with E-state index in [-0.39, 0.29) is 17.5 Å². The Hall–Kier alpha value is -1.36. The molecule has 0 bridgehead atoms. The van der Waals surface area contributed by atoms with E-state index in [1.54, 1.807) is 12.3 Å². The van der Waals surface area contributed by atoms with Crippen LogP contribution in [0.5, 0.6) is 0 Å². The summed E-state index contributed by atoms with van der Waals surface area (Å²) in [6, 6.07) is 1.51. The fraction of sp³-hybridized carbons (Fsp3) is 0.429. The van der Waals surface area contributed by atoms with Gasteiger partial charge in [-0.15, -0.1) is 0 Å². The lowest BCUT2D eigenvalue weighted by atomic mass is 10.3. The van der Waals surface area contributed by atoms with Crippen LogP contribution in [0.15, 0.2) is 17.1 Å². The molecule has 5 nitrogen and oxygen atoms in total. The smallest absolute Gasteiger partial charge is 0.349 e. The van der Waals surface area contributed by atoms with E-state index in [1.807, 2.05) is 6.92 Å². The van der Waals surface area contributed by atoms with Crippen LogP contribution in [0, 0.1) is 0 Å². The van der Waals surface area contributed by atoms with Gasteiger partial charge >= 0.3 is 5.69 Å². The molecule has 0 fully saturated rings. The minimum atomic E-state index is -0.354. The van der Waals surface area contributed by atoms with Crippen LogP contribution in [0.4, 0.5) is 5.82 Å². The minimum absolute atomic E-state index is 0.0619. The maximum atomic E-state index is 11.1. The number of nitrogens with two attached hydrogens (primary N) is 2. The number of rotatable bonds is 2. The third kappa shape index (κ3) is 2.06.